The third-order valence-electron chi connectivity index (χ3n) is 2.28. The molecule has 5 nitrogen and oxygen atoms in total. The Morgan fingerprint density at radius 2 is 2.00 bits per heavy atom. The quantitative estimate of drug-likeness (QED) is 0.870. The highest BCUT2D eigenvalue weighted by Gasteiger charge is 2.05. The van der Waals surface area contributed by atoms with Crippen molar-refractivity contribution in [2.45, 2.75) is 0 Å². The first-order chi connectivity index (χ1) is 8.22. The van der Waals surface area contributed by atoms with E-state index in [2.05, 4.69) is 9.97 Å². The van der Waals surface area contributed by atoms with Crippen molar-refractivity contribution in [2.75, 3.05) is 14.2 Å². The molecular weight excluding hydrogens is 220 g/mol. The minimum absolute atomic E-state index is 0.190. The summed E-state index contributed by atoms with van der Waals surface area (Å²) in [6, 6.07) is 8.93. The van der Waals surface area contributed by atoms with E-state index in [4.69, 9.17) is 9.47 Å². The first-order valence-corrected chi connectivity index (χ1v) is 5.02. The Balaban J connectivity index is 2.51. The van der Waals surface area contributed by atoms with Gasteiger partial charge in [-0.3, -0.25) is 9.78 Å². The summed E-state index contributed by atoms with van der Waals surface area (Å²) in [5.74, 6) is 0.712. The molecule has 17 heavy (non-hydrogen) atoms. The average molecular weight is 232 g/mol. The number of nitrogens with zero attached hydrogens (tertiary/aromatic N) is 1. The first-order valence-electron chi connectivity index (χ1n) is 5.02. The molecule has 0 atom stereocenters. The third-order valence-corrected chi connectivity index (χ3v) is 2.28. The Morgan fingerprint density at radius 1 is 1.18 bits per heavy atom. The summed E-state index contributed by atoms with van der Waals surface area (Å²) >= 11 is 0. The van der Waals surface area contributed by atoms with Gasteiger partial charge in [0.15, 0.2) is 0 Å². The monoisotopic (exact) mass is 232 g/mol. The molecule has 88 valence electrons. The van der Waals surface area contributed by atoms with Crippen LogP contribution in [0.3, 0.4) is 0 Å². The summed E-state index contributed by atoms with van der Waals surface area (Å²) in [4.78, 5) is 18.0. The number of H-pyrrole nitrogens is 1. The van der Waals surface area contributed by atoms with Crippen LogP contribution in [0.25, 0.3) is 11.3 Å². The van der Waals surface area contributed by atoms with Gasteiger partial charge in [-0.15, -0.1) is 0 Å². The molecule has 0 bridgehead atoms. The molecule has 1 aromatic carbocycles. The lowest BCUT2D eigenvalue weighted by molar-refractivity contribution is 0.379. The summed E-state index contributed by atoms with van der Waals surface area (Å²) in [7, 11) is 3.04. The molecule has 1 aromatic heterocycles. The van der Waals surface area contributed by atoms with Crippen LogP contribution >= 0.6 is 0 Å². The second kappa shape index (κ2) is 4.69. The van der Waals surface area contributed by atoms with Crippen LogP contribution in [-0.4, -0.2) is 24.2 Å². The number of hydrogen-bond acceptors (Lipinski definition) is 4. The van der Waals surface area contributed by atoms with Gasteiger partial charge in [-0.25, -0.2) is 0 Å². The van der Waals surface area contributed by atoms with Crippen LogP contribution in [0.4, 0.5) is 0 Å². The van der Waals surface area contributed by atoms with Gasteiger partial charge in [-0.2, -0.15) is 4.98 Å². The van der Waals surface area contributed by atoms with E-state index in [1.54, 1.807) is 13.2 Å². The van der Waals surface area contributed by atoms with Crippen LogP contribution in [0.15, 0.2) is 35.1 Å². The minimum atomic E-state index is -0.255. The fraction of sp³-hybridized carbons (Fsp3) is 0.167. The van der Waals surface area contributed by atoms with Crippen LogP contribution in [0.2, 0.25) is 0 Å². The van der Waals surface area contributed by atoms with Crippen molar-refractivity contribution in [1.29, 1.82) is 0 Å². The van der Waals surface area contributed by atoms with E-state index in [9.17, 15) is 4.79 Å². The zero-order valence-electron chi connectivity index (χ0n) is 9.56. The normalized spacial score (nSPS) is 10.0. The van der Waals surface area contributed by atoms with Crippen molar-refractivity contribution in [3.8, 4) is 23.0 Å². The van der Waals surface area contributed by atoms with Gasteiger partial charge in [0.05, 0.1) is 19.9 Å². The van der Waals surface area contributed by atoms with Gasteiger partial charge >= 0.3 is 0 Å². The molecule has 0 saturated heterocycles. The van der Waals surface area contributed by atoms with Gasteiger partial charge in [-0.05, 0) is 12.1 Å². The molecule has 0 radical (unpaired) electrons. The fourth-order valence-electron chi connectivity index (χ4n) is 1.46. The standard InChI is InChI=1S/C12H12N2O3/c1-16-9-5-3-4-8(6-9)10-7-11(15)14-12(13-10)17-2/h3-7H,1-2H3,(H,13,14,15). The largest absolute Gasteiger partial charge is 0.497 e. The fourth-order valence-corrected chi connectivity index (χ4v) is 1.46. The molecule has 0 aliphatic carbocycles. The maximum Gasteiger partial charge on any atom is 0.296 e. The van der Waals surface area contributed by atoms with E-state index in [0.29, 0.717) is 11.4 Å². The summed E-state index contributed by atoms with van der Waals surface area (Å²) in [6.45, 7) is 0. The summed E-state index contributed by atoms with van der Waals surface area (Å²) in [5, 5.41) is 0. The number of nitrogens with one attached hydrogen (secondary N) is 1. The van der Waals surface area contributed by atoms with E-state index in [-0.39, 0.29) is 11.6 Å². The van der Waals surface area contributed by atoms with Gasteiger partial charge in [0, 0.05) is 11.6 Å². The molecule has 0 amide bonds. The van der Waals surface area contributed by atoms with E-state index in [1.807, 2.05) is 18.2 Å². The van der Waals surface area contributed by atoms with Gasteiger partial charge in [0.1, 0.15) is 5.75 Å². The molecule has 0 aliphatic rings. The zero-order chi connectivity index (χ0) is 12.3. The molecule has 1 N–H and O–H groups in total. The zero-order valence-corrected chi connectivity index (χ0v) is 9.56. The number of aromatic nitrogens is 2. The SMILES string of the molecule is COc1cccc(-c2cc(=O)[nH]c(OC)n2)c1. The first kappa shape index (κ1) is 11.2. The number of benzene rings is 1. The smallest absolute Gasteiger partial charge is 0.296 e. The van der Waals surface area contributed by atoms with Crippen LogP contribution < -0.4 is 15.0 Å². The number of ether oxygens (including phenoxy) is 2. The number of rotatable bonds is 3. The van der Waals surface area contributed by atoms with Crippen molar-refractivity contribution in [2.24, 2.45) is 0 Å². The van der Waals surface area contributed by atoms with Crippen molar-refractivity contribution in [1.82, 2.24) is 9.97 Å². The third kappa shape index (κ3) is 2.44. The van der Waals surface area contributed by atoms with E-state index >= 15 is 0 Å². The molecule has 1 heterocycles. The van der Waals surface area contributed by atoms with Crippen molar-refractivity contribution < 1.29 is 9.47 Å². The van der Waals surface area contributed by atoms with E-state index in [0.717, 1.165) is 5.56 Å². The van der Waals surface area contributed by atoms with Gasteiger partial charge in [0.25, 0.3) is 11.6 Å². The highest BCUT2D eigenvalue weighted by molar-refractivity contribution is 5.60. The Morgan fingerprint density at radius 3 is 2.71 bits per heavy atom. The molecule has 5 heteroatoms. The van der Waals surface area contributed by atoms with Crippen LogP contribution in [0.1, 0.15) is 0 Å². The molecule has 0 unspecified atom stereocenters. The molecule has 0 spiro atoms. The summed E-state index contributed by atoms with van der Waals surface area (Å²) in [6.07, 6.45) is 0. The van der Waals surface area contributed by atoms with Crippen LogP contribution in [0.5, 0.6) is 11.8 Å². The molecule has 0 saturated carbocycles. The topological polar surface area (TPSA) is 64.2 Å². The minimum Gasteiger partial charge on any atom is -0.497 e. The average Bonchev–Trinajstić information content (AvgIpc) is 2.38. The molecular formula is C12H12N2O3. The maximum atomic E-state index is 11.4. The lowest BCUT2D eigenvalue weighted by atomic mass is 10.1. The second-order valence-electron chi connectivity index (χ2n) is 3.37. The lowest BCUT2D eigenvalue weighted by Crippen LogP contribution is -2.08. The van der Waals surface area contributed by atoms with Crippen molar-refractivity contribution >= 4 is 0 Å². The summed E-state index contributed by atoms with van der Waals surface area (Å²) in [5.41, 5.74) is 1.09. The predicted octanol–water partition coefficient (Wildman–Crippen LogP) is 1.45. The predicted molar refractivity (Wildman–Crippen MR) is 63.4 cm³/mol. The summed E-state index contributed by atoms with van der Waals surface area (Å²) < 4.78 is 10.0. The van der Waals surface area contributed by atoms with E-state index < -0.39 is 0 Å². The molecule has 0 aliphatic heterocycles. The highest BCUT2D eigenvalue weighted by Crippen LogP contribution is 2.21. The lowest BCUT2D eigenvalue weighted by Gasteiger charge is -2.05. The Bertz CT molecular complexity index is 578. The van der Waals surface area contributed by atoms with Crippen LogP contribution in [-0.2, 0) is 0 Å². The Hall–Kier alpha value is -2.30. The van der Waals surface area contributed by atoms with Crippen molar-refractivity contribution in [3.05, 3.63) is 40.7 Å². The van der Waals surface area contributed by atoms with Gasteiger partial charge < -0.3 is 9.47 Å². The number of methoxy groups -OCH3 is 2. The van der Waals surface area contributed by atoms with Crippen LogP contribution in [0, 0.1) is 0 Å². The number of hydrogen-bond donors (Lipinski definition) is 1. The van der Waals surface area contributed by atoms with Gasteiger partial charge in [-0.1, -0.05) is 12.1 Å². The van der Waals surface area contributed by atoms with Crippen molar-refractivity contribution in [3.63, 3.8) is 0 Å². The number of aromatic amines is 1. The highest BCUT2D eigenvalue weighted by atomic mass is 16.5. The van der Waals surface area contributed by atoms with Gasteiger partial charge in [0.2, 0.25) is 0 Å². The Labute approximate surface area is 98.0 Å². The molecule has 2 aromatic rings. The molecule has 2 rings (SSSR count). The second-order valence-corrected chi connectivity index (χ2v) is 3.37. The Kier molecular flexibility index (Phi) is 3.09. The molecule has 0 fully saturated rings. The van der Waals surface area contributed by atoms with E-state index in [1.165, 1.54) is 13.2 Å². The maximum absolute atomic E-state index is 11.4.